The molecule has 12 heteroatoms. The lowest BCUT2D eigenvalue weighted by Crippen LogP contribution is -2.60. The lowest BCUT2D eigenvalue weighted by Gasteiger charge is -2.38. The Morgan fingerprint density at radius 1 is 0.929 bits per heavy atom. The molecule has 1 saturated heterocycles. The standard InChI is InChI=1S/C30H34N2O10/c1-38-21-10-4-5-11-22(21)39-14-13-31-15-17(16-40-30-27(35)25(33)26(34)28(42-30)29(36)37)41-23-12-6-9-20-24(23)18-7-2-3-8-19(18)32-20/h2-12,17,25-28,30-35H,13-16H2,1H3,(H,36,37)/t17?,25-,26-,27+,28-,30+/m0/s1. The third-order valence-corrected chi connectivity index (χ3v) is 7.02. The van der Waals surface area contributed by atoms with Gasteiger partial charge in [0.05, 0.1) is 19.2 Å². The van der Waals surface area contributed by atoms with Crippen LogP contribution in [0.1, 0.15) is 0 Å². The fourth-order valence-electron chi connectivity index (χ4n) is 4.91. The number of carboxylic acid groups (broad SMARTS) is 1. The summed E-state index contributed by atoms with van der Waals surface area (Å²) in [5.41, 5.74) is 1.84. The summed E-state index contributed by atoms with van der Waals surface area (Å²) < 4.78 is 28.6. The van der Waals surface area contributed by atoms with Gasteiger partial charge in [-0.05, 0) is 30.3 Å². The maximum absolute atomic E-state index is 11.5. The molecule has 1 aromatic heterocycles. The van der Waals surface area contributed by atoms with Crippen LogP contribution >= 0.6 is 0 Å². The molecule has 0 bridgehead atoms. The molecule has 2 heterocycles. The minimum Gasteiger partial charge on any atom is -0.493 e. The number of rotatable bonds is 13. The molecular weight excluding hydrogens is 548 g/mol. The van der Waals surface area contributed by atoms with Crippen molar-refractivity contribution < 1.29 is 48.9 Å². The van der Waals surface area contributed by atoms with Crippen LogP contribution in [0.3, 0.4) is 0 Å². The van der Waals surface area contributed by atoms with Gasteiger partial charge in [0.25, 0.3) is 0 Å². The van der Waals surface area contributed by atoms with Crippen molar-refractivity contribution >= 4 is 27.8 Å². The van der Waals surface area contributed by atoms with Crippen LogP contribution in [-0.2, 0) is 14.3 Å². The second kappa shape index (κ2) is 13.4. The number of aliphatic hydroxyl groups excluding tert-OH is 3. The molecule has 42 heavy (non-hydrogen) atoms. The topological polar surface area (TPSA) is 172 Å². The quantitative estimate of drug-likeness (QED) is 0.127. The highest BCUT2D eigenvalue weighted by Crippen LogP contribution is 2.34. The number of H-pyrrole nitrogens is 1. The lowest BCUT2D eigenvalue weighted by molar-refractivity contribution is -0.296. The van der Waals surface area contributed by atoms with E-state index >= 15 is 0 Å². The van der Waals surface area contributed by atoms with Crippen LogP contribution in [0.15, 0.2) is 66.7 Å². The van der Waals surface area contributed by atoms with Crippen molar-refractivity contribution in [3.63, 3.8) is 0 Å². The van der Waals surface area contributed by atoms with E-state index in [0.717, 1.165) is 21.8 Å². The molecule has 0 amide bonds. The summed E-state index contributed by atoms with van der Waals surface area (Å²) in [5, 5.41) is 45.1. The van der Waals surface area contributed by atoms with Gasteiger partial charge in [-0.3, -0.25) is 0 Å². The summed E-state index contributed by atoms with van der Waals surface area (Å²) in [6.45, 7) is 0.922. The van der Waals surface area contributed by atoms with Crippen LogP contribution < -0.4 is 19.5 Å². The van der Waals surface area contributed by atoms with Crippen molar-refractivity contribution in [3.8, 4) is 17.2 Å². The van der Waals surface area contributed by atoms with Crippen molar-refractivity contribution in [3.05, 3.63) is 66.7 Å². The van der Waals surface area contributed by atoms with E-state index in [1.165, 1.54) is 0 Å². The van der Waals surface area contributed by atoms with Gasteiger partial charge in [-0.2, -0.15) is 0 Å². The number of aliphatic hydroxyl groups is 3. The van der Waals surface area contributed by atoms with Crippen molar-refractivity contribution in [2.24, 2.45) is 0 Å². The van der Waals surface area contributed by atoms with Crippen molar-refractivity contribution in [1.82, 2.24) is 10.3 Å². The van der Waals surface area contributed by atoms with Gasteiger partial charge in [-0.15, -0.1) is 0 Å². The molecule has 1 fully saturated rings. The van der Waals surface area contributed by atoms with Crippen LogP contribution in [0.4, 0.5) is 0 Å². The zero-order valence-electron chi connectivity index (χ0n) is 22.9. The average Bonchev–Trinajstić information content (AvgIpc) is 3.38. The van der Waals surface area contributed by atoms with E-state index in [1.807, 2.05) is 66.7 Å². The summed E-state index contributed by atoms with van der Waals surface area (Å²) >= 11 is 0. The van der Waals surface area contributed by atoms with E-state index in [9.17, 15) is 25.2 Å². The Morgan fingerprint density at radius 2 is 1.64 bits per heavy atom. The molecule has 6 N–H and O–H groups in total. The lowest BCUT2D eigenvalue weighted by atomic mass is 9.99. The molecule has 224 valence electrons. The summed E-state index contributed by atoms with van der Waals surface area (Å²) in [6, 6.07) is 20.8. The average molecular weight is 583 g/mol. The first-order valence-corrected chi connectivity index (χ1v) is 13.5. The number of carboxylic acids is 1. The second-order valence-corrected chi connectivity index (χ2v) is 9.86. The van der Waals surface area contributed by atoms with Gasteiger partial charge in [0.2, 0.25) is 0 Å². The maximum atomic E-state index is 11.5. The number of aromatic amines is 1. The highest BCUT2D eigenvalue weighted by Gasteiger charge is 2.47. The Morgan fingerprint density at radius 3 is 2.43 bits per heavy atom. The highest BCUT2D eigenvalue weighted by atomic mass is 16.7. The minimum absolute atomic E-state index is 0.143. The van der Waals surface area contributed by atoms with Gasteiger partial charge < -0.3 is 54.4 Å². The van der Waals surface area contributed by atoms with Crippen LogP contribution in [0.25, 0.3) is 21.8 Å². The van der Waals surface area contributed by atoms with E-state index < -0.39 is 42.8 Å². The second-order valence-electron chi connectivity index (χ2n) is 9.86. The Labute approximate surface area is 241 Å². The number of hydrogen-bond donors (Lipinski definition) is 6. The number of fused-ring (bicyclic) bond motifs is 3. The maximum Gasteiger partial charge on any atom is 0.335 e. The molecule has 4 aromatic rings. The summed E-state index contributed by atoms with van der Waals surface area (Å²) in [5.74, 6) is 0.338. The number of ether oxygens (including phenoxy) is 5. The third kappa shape index (κ3) is 6.44. The third-order valence-electron chi connectivity index (χ3n) is 7.02. The smallest absolute Gasteiger partial charge is 0.335 e. The number of aromatic nitrogens is 1. The van der Waals surface area contributed by atoms with Gasteiger partial charge in [-0.25, -0.2) is 4.79 Å². The van der Waals surface area contributed by atoms with E-state index in [4.69, 9.17) is 23.7 Å². The molecule has 3 aromatic carbocycles. The summed E-state index contributed by atoms with van der Waals surface area (Å²) in [4.78, 5) is 14.9. The zero-order valence-corrected chi connectivity index (χ0v) is 22.9. The minimum atomic E-state index is -1.81. The SMILES string of the molecule is COc1ccccc1OCCNCC(CO[C@@H]1O[C@H](C(=O)O)[C@@H](O)[C@H](O)[C@H]1O)Oc1cccc2[nH]c3ccccc3c12. The van der Waals surface area contributed by atoms with Gasteiger partial charge in [0, 0.05) is 29.4 Å². The monoisotopic (exact) mass is 582 g/mol. The Hall–Kier alpha value is -3.91. The molecule has 0 saturated carbocycles. The largest absolute Gasteiger partial charge is 0.493 e. The van der Waals surface area contributed by atoms with Crippen LogP contribution in [-0.4, -0.2) is 102 Å². The van der Waals surface area contributed by atoms with Crippen molar-refractivity contribution in [2.45, 2.75) is 36.8 Å². The van der Waals surface area contributed by atoms with Gasteiger partial charge in [0.1, 0.15) is 36.8 Å². The number of carbonyl (C=O) groups is 1. The van der Waals surface area contributed by atoms with Crippen LogP contribution in [0.2, 0.25) is 0 Å². The van der Waals surface area contributed by atoms with E-state index in [1.54, 1.807) is 7.11 Å². The first-order valence-electron chi connectivity index (χ1n) is 13.5. The molecule has 1 aliphatic heterocycles. The first kappa shape index (κ1) is 29.6. The molecule has 5 rings (SSSR count). The Balaban J connectivity index is 1.29. The van der Waals surface area contributed by atoms with Crippen molar-refractivity contribution in [2.75, 3.05) is 33.4 Å². The molecule has 12 nitrogen and oxygen atoms in total. The molecule has 0 spiro atoms. The normalized spacial score (nSPS) is 23.1. The van der Waals surface area contributed by atoms with E-state index in [-0.39, 0.29) is 13.2 Å². The Bertz CT molecular complexity index is 1490. The van der Waals surface area contributed by atoms with Crippen LogP contribution in [0.5, 0.6) is 17.2 Å². The fourth-order valence-corrected chi connectivity index (χ4v) is 4.91. The zero-order chi connectivity index (χ0) is 29.6. The van der Waals surface area contributed by atoms with E-state index in [0.29, 0.717) is 30.4 Å². The first-order chi connectivity index (χ1) is 20.4. The highest BCUT2D eigenvalue weighted by molar-refractivity contribution is 6.10. The molecule has 1 unspecified atom stereocenters. The van der Waals surface area contributed by atoms with Gasteiger partial charge >= 0.3 is 5.97 Å². The van der Waals surface area contributed by atoms with Crippen molar-refractivity contribution in [1.29, 1.82) is 0 Å². The number of para-hydroxylation sites is 3. The van der Waals surface area contributed by atoms with Gasteiger partial charge in [0.15, 0.2) is 23.9 Å². The number of nitrogens with one attached hydrogen (secondary N) is 2. The Kier molecular flexibility index (Phi) is 9.42. The van der Waals surface area contributed by atoms with E-state index in [2.05, 4.69) is 10.3 Å². The van der Waals surface area contributed by atoms with Crippen LogP contribution in [0, 0.1) is 0 Å². The van der Waals surface area contributed by atoms with Gasteiger partial charge in [-0.1, -0.05) is 36.4 Å². The molecule has 0 radical (unpaired) electrons. The summed E-state index contributed by atoms with van der Waals surface area (Å²) in [6.07, 6.45) is -9.16. The molecule has 0 aliphatic carbocycles. The number of aliphatic carboxylic acids is 1. The summed E-state index contributed by atoms with van der Waals surface area (Å²) in [7, 11) is 1.57. The molecular formula is C30H34N2O10. The molecule has 6 atom stereocenters. The molecule has 1 aliphatic rings. The predicted molar refractivity (Wildman–Crippen MR) is 152 cm³/mol. The number of hydrogen-bond acceptors (Lipinski definition) is 10. The number of methoxy groups -OCH3 is 1. The fraction of sp³-hybridized carbons (Fsp3) is 0.367. The number of benzene rings is 3. The predicted octanol–water partition coefficient (Wildman–Crippen LogP) is 1.65.